The van der Waals surface area contributed by atoms with Crippen LogP contribution in [0.5, 0.6) is 0 Å². The molecule has 31 heavy (non-hydrogen) atoms. The summed E-state index contributed by atoms with van der Waals surface area (Å²) in [5.41, 5.74) is 3.18. The van der Waals surface area contributed by atoms with Gasteiger partial charge in [0.15, 0.2) is 5.82 Å². The van der Waals surface area contributed by atoms with Gasteiger partial charge < -0.3 is 10.6 Å². The summed E-state index contributed by atoms with van der Waals surface area (Å²) in [5, 5.41) is 15.5. The zero-order valence-electron chi connectivity index (χ0n) is 18.1. The SMILES string of the molecule is Cc1cc(C(=O)NCC(C)C)ccc1NCc1nnc2n(C)c(=O)c3ccccc3n12. The monoisotopic (exact) mass is 418 g/mol. The first kappa shape index (κ1) is 20.6. The molecule has 2 aromatic heterocycles. The molecule has 0 aliphatic heterocycles. The van der Waals surface area contributed by atoms with Crippen molar-refractivity contribution in [2.45, 2.75) is 27.3 Å². The highest BCUT2D eigenvalue weighted by Gasteiger charge is 2.15. The van der Waals surface area contributed by atoms with Crippen molar-refractivity contribution in [3.05, 3.63) is 69.8 Å². The minimum absolute atomic E-state index is 0.0702. The number of rotatable bonds is 6. The molecule has 2 heterocycles. The molecule has 0 spiro atoms. The van der Waals surface area contributed by atoms with Crippen LogP contribution in [0.2, 0.25) is 0 Å². The van der Waals surface area contributed by atoms with Crippen molar-refractivity contribution in [3.8, 4) is 0 Å². The maximum Gasteiger partial charge on any atom is 0.262 e. The van der Waals surface area contributed by atoms with Crippen LogP contribution in [-0.2, 0) is 13.6 Å². The van der Waals surface area contributed by atoms with Crippen molar-refractivity contribution >= 4 is 28.3 Å². The van der Waals surface area contributed by atoms with E-state index in [0.29, 0.717) is 41.6 Å². The number of anilines is 1. The van der Waals surface area contributed by atoms with Gasteiger partial charge in [-0.3, -0.25) is 18.6 Å². The maximum atomic E-state index is 12.6. The van der Waals surface area contributed by atoms with Crippen molar-refractivity contribution < 1.29 is 4.79 Å². The smallest absolute Gasteiger partial charge is 0.262 e. The molecule has 2 N–H and O–H groups in total. The van der Waals surface area contributed by atoms with Crippen molar-refractivity contribution in [3.63, 3.8) is 0 Å². The zero-order chi connectivity index (χ0) is 22.1. The van der Waals surface area contributed by atoms with Gasteiger partial charge in [-0.1, -0.05) is 26.0 Å². The molecule has 8 nitrogen and oxygen atoms in total. The Bertz CT molecular complexity index is 1340. The number of amides is 1. The number of aromatic nitrogens is 4. The molecule has 8 heteroatoms. The standard InChI is InChI=1S/C23H26N6O2/c1-14(2)12-25-21(30)16-9-10-18(15(3)11-16)24-13-20-26-27-23-28(4)22(31)17-7-5-6-8-19(17)29(20)23/h5-11,14,24H,12-13H2,1-4H3,(H,25,30). The third kappa shape index (κ3) is 3.88. The van der Waals surface area contributed by atoms with Crippen molar-refractivity contribution in [2.75, 3.05) is 11.9 Å². The van der Waals surface area contributed by atoms with E-state index in [2.05, 4.69) is 34.7 Å². The predicted octanol–water partition coefficient (Wildman–Crippen LogP) is 2.89. The quantitative estimate of drug-likeness (QED) is 0.502. The fourth-order valence-corrected chi connectivity index (χ4v) is 3.58. The van der Waals surface area contributed by atoms with E-state index < -0.39 is 0 Å². The molecule has 0 radical (unpaired) electrons. The maximum absolute atomic E-state index is 12.6. The summed E-state index contributed by atoms with van der Waals surface area (Å²) in [5.74, 6) is 1.52. The highest BCUT2D eigenvalue weighted by molar-refractivity contribution is 5.94. The van der Waals surface area contributed by atoms with Crippen LogP contribution in [0.1, 0.15) is 35.6 Å². The zero-order valence-corrected chi connectivity index (χ0v) is 18.1. The number of aryl methyl sites for hydroxylation is 2. The van der Waals surface area contributed by atoms with Gasteiger partial charge in [0.05, 0.1) is 17.4 Å². The van der Waals surface area contributed by atoms with E-state index in [1.54, 1.807) is 7.05 Å². The number of benzene rings is 2. The Kier molecular flexibility index (Phi) is 5.46. The first-order valence-corrected chi connectivity index (χ1v) is 10.3. The number of nitrogens with one attached hydrogen (secondary N) is 2. The van der Waals surface area contributed by atoms with Gasteiger partial charge in [-0.25, -0.2) is 0 Å². The fourth-order valence-electron chi connectivity index (χ4n) is 3.58. The van der Waals surface area contributed by atoms with E-state index in [4.69, 9.17) is 0 Å². The fraction of sp³-hybridized carbons (Fsp3) is 0.304. The summed E-state index contributed by atoms with van der Waals surface area (Å²) in [6.07, 6.45) is 0. The topological polar surface area (TPSA) is 93.3 Å². The van der Waals surface area contributed by atoms with Crippen LogP contribution in [0.15, 0.2) is 47.3 Å². The van der Waals surface area contributed by atoms with Gasteiger partial charge >= 0.3 is 0 Å². The molecule has 0 bridgehead atoms. The molecule has 2 aromatic carbocycles. The van der Waals surface area contributed by atoms with Gasteiger partial charge in [-0.2, -0.15) is 0 Å². The molecule has 0 unspecified atom stereocenters. The third-order valence-electron chi connectivity index (χ3n) is 5.29. The van der Waals surface area contributed by atoms with E-state index in [-0.39, 0.29) is 11.5 Å². The molecular weight excluding hydrogens is 392 g/mol. The number of hydrogen-bond acceptors (Lipinski definition) is 5. The predicted molar refractivity (Wildman–Crippen MR) is 121 cm³/mol. The summed E-state index contributed by atoms with van der Waals surface area (Å²) in [6, 6.07) is 13.0. The third-order valence-corrected chi connectivity index (χ3v) is 5.29. The van der Waals surface area contributed by atoms with Crippen LogP contribution >= 0.6 is 0 Å². The van der Waals surface area contributed by atoms with Gasteiger partial charge in [-0.05, 0) is 48.7 Å². The van der Waals surface area contributed by atoms with Crippen LogP contribution in [0.25, 0.3) is 16.7 Å². The number of fused-ring (bicyclic) bond motifs is 3. The van der Waals surface area contributed by atoms with Crippen LogP contribution in [-0.4, -0.2) is 31.6 Å². The second kappa shape index (κ2) is 8.22. The minimum atomic E-state index is -0.0998. The number of hydrogen-bond donors (Lipinski definition) is 2. The van der Waals surface area contributed by atoms with Crippen molar-refractivity contribution in [1.29, 1.82) is 0 Å². The molecule has 4 rings (SSSR count). The number of carbonyl (C=O) groups is 1. The van der Waals surface area contributed by atoms with E-state index >= 15 is 0 Å². The Labute approximate surface area is 179 Å². The lowest BCUT2D eigenvalue weighted by Gasteiger charge is -2.12. The summed E-state index contributed by atoms with van der Waals surface area (Å²) < 4.78 is 3.40. The second-order valence-corrected chi connectivity index (χ2v) is 8.12. The van der Waals surface area contributed by atoms with Gasteiger partial charge in [0.1, 0.15) is 0 Å². The Morgan fingerprint density at radius 2 is 1.90 bits per heavy atom. The highest BCUT2D eigenvalue weighted by Crippen LogP contribution is 2.19. The molecule has 1 amide bonds. The first-order chi connectivity index (χ1) is 14.9. The Balaban J connectivity index is 1.60. The van der Waals surface area contributed by atoms with E-state index in [9.17, 15) is 9.59 Å². The van der Waals surface area contributed by atoms with Crippen LogP contribution in [0.3, 0.4) is 0 Å². The van der Waals surface area contributed by atoms with Crippen LogP contribution in [0.4, 0.5) is 5.69 Å². The molecule has 4 aromatic rings. The molecule has 0 saturated heterocycles. The Morgan fingerprint density at radius 1 is 1.13 bits per heavy atom. The molecule has 0 aliphatic rings. The lowest BCUT2D eigenvalue weighted by molar-refractivity contribution is 0.0949. The Hall–Kier alpha value is -3.68. The average Bonchev–Trinajstić information content (AvgIpc) is 3.19. The summed E-state index contributed by atoms with van der Waals surface area (Å²) >= 11 is 0. The number of carbonyl (C=O) groups excluding carboxylic acids is 1. The van der Waals surface area contributed by atoms with E-state index in [1.165, 1.54) is 4.57 Å². The largest absolute Gasteiger partial charge is 0.378 e. The van der Waals surface area contributed by atoms with Gasteiger partial charge in [0, 0.05) is 24.8 Å². The van der Waals surface area contributed by atoms with Gasteiger partial charge in [0.2, 0.25) is 5.78 Å². The van der Waals surface area contributed by atoms with E-state index in [0.717, 1.165) is 16.8 Å². The highest BCUT2D eigenvalue weighted by atomic mass is 16.1. The van der Waals surface area contributed by atoms with E-state index in [1.807, 2.05) is 53.8 Å². The molecule has 0 aliphatic carbocycles. The molecule has 0 fully saturated rings. The second-order valence-electron chi connectivity index (χ2n) is 8.12. The summed E-state index contributed by atoms with van der Waals surface area (Å²) in [6.45, 7) is 7.15. The molecule has 0 saturated carbocycles. The minimum Gasteiger partial charge on any atom is -0.378 e. The normalized spacial score (nSPS) is 11.4. The van der Waals surface area contributed by atoms with Crippen molar-refractivity contribution in [2.24, 2.45) is 13.0 Å². The molecule has 160 valence electrons. The lowest BCUT2D eigenvalue weighted by Crippen LogP contribution is -2.27. The van der Waals surface area contributed by atoms with Gasteiger partial charge in [-0.15, -0.1) is 10.2 Å². The molecule has 0 atom stereocenters. The van der Waals surface area contributed by atoms with Crippen LogP contribution < -0.4 is 16.2 Å². The lowest BCUT2D eigenvalue weighted by atomic mass is 10.1. The van der Waals surface area contributed by atoms with Gasteiger partial charge in [0.25, 0.3) is 11.5 Å². The Morgan fingerprint density at radius 3 is 2.65 bits per heavy atom. The number of nitrogens with zero attached hydrogens (tertiary/aromatic N) is 4. The average molecular weight is 419 g/mol. The summed E-state index contributed by atoms with van der Waals surface area (Å²) in [7, 11) is 1.70. The van der Waals surface area contributed by atoms with Crippen LogP contribution in [0, 0.1) is 12.8 Å². The number of para-hydroxylation sites is 1. The molecular formula is C23H26N6O2. The van der Waals surface area contributed by atoms with Crippen molar-refractivity contribution in [1.82, 2.24) is 24.5 Å². The first-order valence-electron chi connectivity index (χ1n) is 10.3. The summed E-state index contributed by atoms with van der Waals surface area (Å²) in [4.78, 5) is 24.9.